The topological polar surface area (TPSA) is 0 Å². The summed E-state index contributed by atoms with van der Waals surface area (Å²) in [4.78, 5) is 0. The van der Waals surface area contributed by atoms with Gasteiger partial charge >= 0.3 is 0 Å². The van der Waals surface area contributed by atoms with E-state index in [4.69, 9.17) is 0 Å². The van der Waals surface area contributed by atoms with Crippen molar-refractivity contribution in [3.8, 4) is 0 Å². The first-order valence-electron chi connectivity index (χ1n) is 10.2. The number of allylic oxidation sites excluding steroid dienone is 4. The molecule has 3 aliphatic carbocycles. The molecule has 2 fully saturated rings. The van der Waals surface area contributed by atoms with E-state index in [1.807, 2.05) is 0 Å². The Morgan fingerprint density at radius 2 is 1.09 bits per heavy atom. The zero-order chi connectivity index (χ0) is 15.0. The van der Waals surface area contributed by atoms with Gasteiger partial charge in [-0.2, -0.15) is 0 Å². The third kappa shape index (κ3) is 4.74. The van der Waals surface area contributed by atoms with E-state index in [1.54, 1.807) is 11.5 Å². The maximum absolute atomic E-state index is 2.65. The Kier molecular flexibility index (Phi) is 6.64. The molecule has 0 heteroatoms. The molecule has 0 aromatic rings. The Hall–Kier alpha value is -0.520. The number of hydrogen-bond acceptors (Lipinski definition) is 0. The summed E-state index contributed by atoms with van der Waals surface area (Å²) in [5.74, 6) is 3.54. The highest BCUT2D eigenvalue weighted by Crippen LogP contribution is 2.38. The molecule has 0 heterocycles. The van der Waals surface area contributed by atoms with Crippen LogP contribution in [0.4, 0.5) is 0 Å². The molecule has 0 unspecified atom stereocenters. The predicted molar refractivity (Wildman–Crippen MR) is 96.7 cm³/mol. The van der Waals surface area contributed by atoms with Crippen LogP contribution in [0.5, 0.6) is 0 Å². The van der Waals surface area contributed by atoms with Gasteiger partial charge in [0.1, 0.15) is 0 Å². The molecule has 0 amide bonds. The van der Waals surface area contributed by atoms with E-state index in [0.29, 0.717) is 0 Å². The van der Waals surface area contributed by atoms with E-state index in [9.17, 15) is 0 Å². The standard InChI is InChI=1S/C22H35/c1-3-7-12-19(13-8-4-1)21-16-11-17-22(18-21)20-14-9-5-2-6-10-15-20/h11,16,18-20H,1-10,12-15,17H2. The van der Waals surface area contributed by atoms with Gasteiger partial charge in [0.25, 0.3) is 0 Å². The molecule has 0 nitrogen and oxygen atoms in total. The summed E-state index contributed by atoms with van der Waals surface area (Å²) < 4.78 is 0. The molecular formula is C22H35. The fourth-order valence-corrected chi connectivity index (χ4v) is 4.81. The van der Waals surface area contributed by atoms with Crippen molar-refractivity contribution in [2.24, 2.45) is 11.8 Å². The van der Waals surface area contributed by atoms with E-state index < -0.39 is 0 Å². The van der Waals surface area contributed by atoms with E-state index >= 15 is 0 Å². The largest absolute Gasteiger partial charge is 0.0834 e. The lowest BCUT2D eigenvalue weighted by Gasteiger charge is -2.30. The Balaban J connectivity index is 1.62. The average Bonchev–Trinajstić information content (AvgIpc) is 2.46. The lowest BCUT2D eigenvalue weighted by molar-refractivity contribution is 0.389. The highest BCUT2D eigenvalue weighted by atomic mass is 14.3. The van der Waals surface area contributed by atoms with Gasteiger partial charge in [0.15, 0.2) is 0 Å². The van der Waals surface area contributed by atoms with E-state index in [-0.39, 0.29) is 0 Å². The number of rotatable bonds is 2. The molecule has 0 atom stereocenters. The van der Waals surface area contributed by atoms with Gasteiger partial charge in [0.05, 0.1) is 0 Å². The van der Waals surface area contributed by atoms with Gasteiger partial charge in [-0.1, -0.05) is 82.4 Å². The van der Waals surface area contributed by atoms with Gasteiger partial charge in [0, 0.05) is 5.92 Å². The van der Waals surface area contributed by atoms with Gasteiger partial charge in [-0.3, -0.25) is 0 Å². The summed E-state index contributed by atoms with van der Waals surface area (Å²) in [5.41, 5.74) is 1.69. The SMILES string of the molecule is C1=CC(C2CCCCCCC2)=C[C](C2CCCCCCC2)C1. The molecule has 3 rings (SSSR count). The van der Waals surface area contributed by atoms with Crippen LogP contribution < -0.4 is 0 Å². The fourth-order valence-electron chi connectivity index (χ4n) is 4.81. The maximum atomic E-state index is 2.65. The summed E-state index contributed by atoms with van der Waals surface area (Å²) in [6, 6.07) is 0. The van der Waals surface area contributed by atoms with Crippen molar-refractivity contribution in [2.45, 2.75) is 96.3 Å². The van der Waals surface area contributed by atoms with Crippen molar-refractivity contribution < 1.29 is 0 Å². The smallest absolute Gasteiger partial charge is 0.00472 e. The zero-order valence-electron chi connectivity index (χ0n) is 14.5. The number of hydrogen-bond donors (Lipinski definition) is 0. The summed E-state index contributed by atoms with van der Waals surface area (Å²) in [5, 5.41) is 0. The van der Waals surface area contributed by atoms with Crippen LogP contribution in [0.1, 0.15) is 96.3 Å². The molecule has 0 N–H and O–H groups in total. The molecule has 0 aliphatic heterocycles. The van der Waals surface area contributed by atoms with Crippen LogP contribution >= 0.6 is 0 Å². The third-order valence-electron chi connectivity index (χ3n) is 6.22. The second-order valence-electron chi connectivity index (χ2n) is 7.91. The summed E-state index contributed by atoms with van der Waals surface area (Å²) in [6.07, 6.45) is 29.3. The van der Waals surface area contributed by atoms with Crippen LogP contribution in [-0.4, -0.2) is 0 Å². The highest BCUT2D eigenvalue weighted by Gasteiger charge is 2.24. The van der Waals surface area contributed by atoms with Gasteiger partial charge in [-0.25, -0.2) is 0 Å². The molecule has 3 aliphatic rings. The monoisotopic (exact) mass is 299 g/mol. The van der Waals surface area contributed by atoms with Crippen LogP contribution in [0, 0.1) is 17.8 Å². The normalized spacial score (nSPS) is 27.5. The Labute approximate surface area is 138 Å². The molecular weight excluding hydrogens is 264 g/mol. The lowest BCUT2D eigenvalue weighted by atomic mass is 9.75. The van der Waals surface area contributed by atoms with Crippen molar-refractivity contribution in [3.63, 3.8) is 0 Å². The van der Waals surface area contributed by atoms with Crippen LogP contribution in [0.2, 0.25) is 0 Å². The van der Waals surface area contributed by atoms with Crippen LogP contribution in [-0.2, 0) is 0 Å². The first-order valence-corrected chi connectivity index (χ1v) is 10.2. The van der Waals surface area contributed by atoms with Crippen molar-refractivity contribution >= 4 is 0 Å². The second kappa shape index (κ2) is 8.94. The summed E-state index contributed by atoms with van der Waals surface area (Å²) >= 11 is 0. The minimum atomic E-state index is 0.861. The van der Waals surface area contributed by atoms with Gasteiger partial charge < -0.3 is 0 Å². The van der Waals surface area contributed by atoms with Gasteiger partial charge in [-0.15, -0.1) is 0 Å². The molecule has 22 heavy (non-hydrogen) atoms. The summed E-state index contributed by atoms with van der Waals surface area (Å²) in [7, 11) is 0. The second-order valence-corrected chi connectivity index (χ2v) is 7.91. The lowest BCUT2D eigenvalue weighted by Crippen LogP contribution is -2.16. The van der Waals surface area contributed by atoms with E-state index in [0.717, 1.165) is 11.8 Å². The van der Waals surface area contributed by atoms with Crippen molar-refractivity contribution in [2.75, 3.05) is 0 Å². The van der Waals surface area contributed by atoms with E-state index in [2.05, 4.69) is 18.2 Å². The molecule has 1 radical (unpaired) electrons. The van der Waals surface area contributed by atoms with Crippen molar-refractivity contribution in [1.29, 1.82) is 0 Å². The first kappa shape index (κ1) is 16.3. The predicted octanol–water partition coefficient (Wildman–Crippen LogP) is 7.17. The summed E-state index contributed by atoms with van der Waals surface area (Å²) in [6.45, 7) is 0. The maximum Gasteiger partial charge on any atom is 0.00472 e. The molecule has 0 spiro atoms. The van der Waals surface area contributed by atoms with Crippen molar-refractivity contribution in [3.05, 3.63) is 29.7 Å². The molecule has 0 aromatic carbocycles. The van der Waals surface area contributed by atoms with Crippen LogP contribution in [0.3, 0.4) is 0 Å². The Morgan fingerprint density at radius 3 is 1.68 bits per heavy atom. The van der Waals surface area contributed by atoms with Gasteiger partial charge in [0.2, 0.25) is 0 Å². The quantitative estimate of drug-likeness (QED) is 0.507. The average molecular weight is 300 g/mol. The minimum Gasteiger partial charge on any atom is -0.0834 e. The molecule has 0 saturated heterocycles. The molecule has 123 valence electrons. The van der Waals surface area contributed by atoms with Gasteiger partial charge in [-0.05, 0) is 49.5 Å². The molecule has 0 aromatic heterocycles. The van der Waals surface area contributed by atoms with Crippen molar-refractivity contribution in [1.82, 2.24) is 0 Å². The third-order valence-corrected chi connectivity index (χ3v) is 6.22. The van der Waals surface area contributed by atoms with Crippen LogP contribution in [0.25, 0.3) is 0 Å². The van der Waals surface area contributed by atoms with Crippen LogP contribution in [0.15, 0.2) is 23.8 Å². The fraction of sp³-hybridized carbons (Fsp3) is 0.773. The minimum absolute atomic E-state index is 0.861. The molecule has 2 saturated carbocycles. The van der Waals surface area contributed by atoms with E-state index in [1.165, 1.54) is 96.3 Å². The Morgan fingerprint density at radius 1 is 0.591 bits per heavy atom. The molecule has 0 bridgehead atoms. The first-order chi connectivity index (χ1) is 10.9. The Bertz CT molecular complexity index is 359. The zero-order valence-corrected chi connectivity index (χ0v) is 14.5. The highest BCUT2D eigenvalue weighted by molar-refractivity contribution is 5.35.